The molecule has 0 bridgehead atoms. The summed E-state index contributed by atoms with van der Waals surface area (Å²) in [5, 5.41) is 6.10. The highest BCUT2D eigenvalue weighted by molar-refractivity contribution is 5.83. The fraction of sp³-hybridized carbons (Fsp3) is 0.444. The minimum absolute atomic E-state index is 0.496. The zero-order chi connectivity index (χ0) is 13.9. The highest BCUT2D eigenvalue weighted by atomic mass is 15.2. The molecule has 0 radical (unpaired) electrons. The molecule has 2 atom stereocenters. The Bertz CT molecular complexity index is 578. The van der Waals surface area contributed by atoms with Crippen LogP contribution in [-0.2, 0) is 0 Å². The van der Waals surface area contributed by atoms with E-state index in [1.54, 1.807) is 0 Å². The summed E-state index contributed by atoms with van der Waals surface area (Å²) in [5.74, 6) is 0. The first-order valence-corrected chi connectivity index (χ1v) is 7.68. The third-order valence-corrected chi connectivity index (χ3v) is 4.66. The predicted molar refractivity (Wildman–Crippen MR) is 86.0 cm³/mol. The van der Waals surface area contributed by atoms with E-state index >= 15 is 0 Å². The van der Waals surface area contributed by atoms with Gasteiger partial charge in [-0.1, -0.05) is 36.4 Å². The minimum atomic E-state index is 0.496. The van der Waals surface area contributed by atoms with E-state index in [9.17, 15) is 0 Å². The molecule has 0 amide bonds. The Morgan fingerprint density at radius 2 is 1.95 bits per heavy atom. The van der Waals surface area contributed by atoms with Gasteiger partial charge in [0, 0.05) is 18.6 Å². The lowest BCUT2D eigenvalue weighted by Gasteiger charge is -2.37. The average Bonchev–Trinajstić information content (AvgIpc) is 2.53. The smallest absolute Gasteiger partial charge is 0.0320 e. The summed E-state index contributed by atoms with van der Waals surface area (Å²) < 4.78 is 0. The molecule has 1 saturated heterocycles. The number of piperidine rings is 1. The third kappa shape index (κ3) is 2.72. The van der Waals surface area contributed by atoms with Crippen LogP contribution in [0.2, 0.25) is 0 Å². The Labute approximate surface area is 121 Å². The van der Waals surface area contributed by atoms with Gasteiger partial charge in [-0.2, -0.15) is 0 Å². The summed E-state index contributed by atoms with van der Waals surface area (Å²) in [7, 11) is 2.08. The molecular formula is C18H24N2. The molecular weight excluding hydrogens is 244 g/mol. The van der Waals surface area contributed by atoms with Gasteiger partial charge in [-0.15, -0.1) is 0 Å². The van der Waals surface area contributed by atoms with E-state index in [4.69, 9.17) is 0 Å². The van der Waals surface area contributed by atoms with Crippen molar-refractivity contribution in [3.05, 3.63) is 48.0 Å². The normalized spacial score (nSPS) is 22.0. The highest BCUT2D eigenvalue weighted by Crippen LogP contribution is 2.26. The first-order chi connectivity index (χ1) is 9.78. The van der Waals surface area contributed by atoms with E-state index in [1.165, 1.54) is 35.7 Å². The monoisotopic (exact) mass is 268 g/mol. The summed E-state index contributed by atoms with van der Waals surface area (Å²) in [6, 6.07) is 16.6. The van der Waals surface area contributed by atoms with Crippen LogP contribution < -0.4 is 5.32 Å². The van der Waals surface area contributed by atoms with Crippen LogP contribution in [0, 0.1) is 0 Å². The fourth-order valence-electron chi connectivity index (χ4n) is 3.27. The van der Waals surface area contributed by atoms with Gasteiger partial charge in [0.25, 0.3) is 0 Å². The molecule has 1 aliphatic heterocycles. The molecule has 2 nitrogen and oxygen atoms in total. The Kier molecular flexibility index (Phi) is 4.04. The van der Waals surface area contributed by atoms with Gasteiger partial charge in [0.1, 0.15) is 0 Å². The van der Waals surface area contributed by atoms with Crippen LogP contribution in [0.25, 0.3) is 10.8 Å². The van der Waals surface area contributed by atoms with Gasteiger partial charge in [-0.25, -0.2) is 0 Å². The topological polar surface area (TPSA) is 15.3 Å². The molecule has 1 heterocycles. The molecule has 106 valence electrons. The molecule has 20 heavy (non-hydrogen) atoms. The number of nitrogens with zero attached hydrogens (tertiary/aromatic N) is 1. The second-order valence-corrected chi connectivity index (χ2v) is 5.91. The molecule has 3 rings (SSSR count). The van der Waals surface area contributed by atoms with Crippen molar-refractivity contribution in [2.24, 2.45) is 0 Å². The molecule has 0 spiro atoms. The number of fused-ring (bicyclic) bond motifs is 1. The number of hydrogen-bond acceptors (Lipinski definition) is 2. The van der Waals surface area contributed by atoms with Crippen molar-refractivity contribution in [3.63, 3.8) is 0 Å². The molecule has 0 aliphatic carbocycles. The maximum Gasteiger partial charge on any atom is 0.0320 e. The van der Waals surface area contributed by atoms with Crippen LogP contribution >= 0.6 is 0 Å². The number of benzene rings is 2. The third-order valence-electron chi connectivity index (χ3n) is 4.66. The lowest BCUT2D eigenvalue weighted by atomic mass is 9.98. The van der Waals surface area contributed by atoms with Gasteiger partial charge >= 0.3 is 0 Å². The van der Waals surface area contributed by atoms with Crippen molar-refractivity contribution in [3.8, 4) is 0 Å². The van der Waals surface area contributed by atoms with Crippen LogP contribution in [0.15, 0.2) is 42.5 Å². The summed E-state index contributed by atoms with van der Waals surface area (Å²) >= 11 is 0. The van der Waals surface area contributed by atoms with Gasteiger partial charge in [-0.3, -0.25) is 4.90 Å². The Morgan fingerprint density at radius 3 is 2.75 bits per heavy atom. The van der Waals surface area contributed by atoms with E-state index in [0.29, 0.717) is 12.1 Å². The molecule has 2 aromatic rings. The van der Waals surface area contributed by atoms with E-state index in [0.717, 1.165) is 6.54 Å². The van der Waals surface area contributed by atoms with Crippen molar-refractivity contribution in [1.29, 1.82) is 0 Å². The fourth-order valence-corrected chi connectivity index (χ4v) is 3.27. The first kappa shape index (κ1) is 13.6. The van der Waals surface area contributed by atoms with Crippen LogP contribution in [0.4, 0.5) is 0 Å². The maximum atomic E-state index is 3.43. The quantitative estimate of drug-likeness (QED) is 0.915. The Hall–Kier alpha value is -1.38. The van der Waals surface area contributed by atoms with Gasteiger partial charge in [-0.05, 0) is 55.8 Å². The zero-order valence-electron chi connectivity index (χ0n) is 12.5. The van der Waals surface area contributed by atoms with Crippen molar-refractivity contribution in [2.75, 3.05) is 20.1 Å². The molecule has 1 fully saturated rings. The van der Waals surface area contributed by atoms with Crippen LogP contribution in [0.1, 0.15) is 31.4 Å². The lowest BCUT2D eigenvalue weighted by molar-refractivity contribution is 0.149. The minimum Gasteiger partial charge on any atom is -0.316 e. The maximum absolute atomic E-state index is 3.43. The number of nitrogens with one attached hydrogen (secondary N) is 1. The molecule has 0 aromatic heterocycles. The SMILES string of the molecule is CNC1CCCN(C(C)c2ccc3ccccc3c2)C1. The number of likely N-dealkylation sites (N-methyl/N-ethyl adjacent to an activating group) is 1. The van der Waals surface area contributed by atoms with Crippen molar-refractivity contribution in [2.45, 2.75) is 31.8 Å². The Balaban J connectivity index is 1.82. The largest absolute Gasteiger partial charge is 0.316 e. The van der Waals surface area contributed by atoms with Gasteiger partial charge < -0.3 is 5.32 Å². The van der Waals surface area contributed by atoms with Crippen LogP contribution in [0.3, 0.4) is 0 Å². The van der Waals surface area contributed by atoms with E-state index < -0.39 is 0 Å². The van der Waals surface area contributed by atoms with E-state index in [1.807, 2.05) is 0 Å². The van der Waals surface area contributed by atoms with Gasteiger partial charge in [0.2, 0.25) is 0 Å². The second kappa shape index (κ2) is 5.94. The average molecular weight is 268 g/mol. The predicted octanol–water partition coefficient (Wildman–Crippen LogP) is 3.58. The molecule has 2 unspecified atom stereocenters. The zero-order valence-corrected chi connectivity index (χ0v) is 12.5. The van der Waals surface area contributed by atoms with Gasteiger partial charge in [0.15, 0.2) is 0 Å². The lowest BCUT2D eigenvalue weighted by Crippen LogP contribution is -2.45. The summed E-state index contributed by atoms with van der Waals surface area (Å²) in [6.07, 6.45) is 2.60. The first-order valence-electron chi connectivity index (χ1n) is 7.68. The van der Waals surface area contributed by atoms with Crippen molar-refractivity contribution in [1.82, 2.24) is 10.2 Å². The number of likely N-dealkylation sites (tertiary alicyclic amines) is 1. The summed E-state index contributed by atoms with van der Waals surface area (Å²) in [6.45, 7) is 4.71. The number of hydrogen-bond donors (Lipinski definition) is 1. The summed E-state index contributed by atoms with van der Waals surface area (Å²) in [4.78, 5) is 2.61. The Morgan fingerprint density at radius 1 is 1.15 bits per heavy atom. The van der Waals surface area contributed by atoms with Crippen LogP contribution in [-0.4, -0.2) is 31.1 Å². The molecule has 2 aromatic carbocycles. The standard InChI is InChI=1S/C18H24N2/c1-14(20-11-5-8-18(13-20)19-2)16-10-9-15-6-3-4-7-17(15)12-16/h3-4,6-7,9-10,12,14,18-19H,5,8,11,13H2,1-2H3. The molecule has 2 heteroatoms. The number of rotatable bonds is 3. The highest BCUT2D eigenvalue weighted by Gasteiger charge is 2.23. The van der Waals surface area contributed by atoms with Crippen molar-refractivity contribution >= 4 is 10.8 Å². The van der Waals surface area contributed by atoms with Crippen molar-refractivity contribution < 1.29 is 0 Å². The second-order valence-electron chi connectivity index (χ2n) is 5.91. The van der Waals surface area contributed by atoms with Crippen LogP contribution in [0.5, 0.6) is 0 Å². The van der Waals surface area contributed by atoms with E-state index in [-0.39, 0.29) is 0 Å². The van der Waals surface area contributed by atoms with E-state index in [2.05, 4.69) is 66.7 Å². The molecule has 1 aliphatic rings. The van der Waals surface area contributed by atoms with Gasteiger partial charge in [0.05, 0.1) is 0 Å². The summed E-state index contributed by atoms with van der Waals surface area (Å²) in [5.41, 5.74) is 1.43. The molecule has 0 saturated carbocycles. The molecule has 1 N–H and O–H groups in total.